The maximum atomic E-state index is 12.5. The number of hydrogen-bond donors (Lipinski definition) is 1. The number of thiophene rings is 1. The molecular formula is C20H21N3O4S. The van der Waals surface area contributed by atoms with Crippen LogP contribution in [0.1, 0.15) is 24.3 Å². The van der Waals surface area contributed by atoms with E-state index in [-0.39, 0.29) is 18.9 Å². The summed E-state index contributed by atoms with van der Waals surface area (Å²) in [6, 6.07) is 13.5. The summed E-state index contributed by atoms with van der Waals surface area (Å²) in [5, 5.41) is 15.0. The van der Waals surface area contributed by atoms with Crippen molar-refractivity contribution in [1.29, 1.82) is 0 Å². The Balaban J connectivity index is 1.49. The van der Waals surface area contributed by atoms with Gasteiger partial charge < -0.3 is 14.5 Å². The summed E-state index contributed by atoms with van der Waals surface area (Å²) in [5.74, 6) is -0.174. The molecule has 2 aromatic heterocycles. The summed E-state index contributed by atoms with van der Waals surface area (Å²) in [7, 11) is 0. The van der Waals surface area contributed by atoms with E-state index in [2.05, 4.69) is 10.1 Å². The normalized spacial score (nSPS) is 10.7. The Morgan fingerprint density at radius 3 is 2.64 bits per heavy atom. The number of carbonyl (C=O) groups excluding carboxylic acids is 1. The molecule has 28 heavy (non-hydrogen) atoms. The molecule has 3 rings (SSSR count). The molecule has 0 aliphatic heterocycles. The van der Waals surface area contributed by atoms with Crippen LogP contribution in [0.25, 0.3) is 10.7 Å². The first-order chi connectivity index (χ1) is 13.6. The van der Waals surface area contributed by atoms with Crippen LogP contribution in [0.15, 0.2) is 52.4 Å². The summed E-state index contributed by atoms with van der Waals surface area (Å²) in [4.78, 5) is 30.2. The van der Waals surface area contributed by atoms with Gasteiger partial charge in [0.2, 0.25) is 17.6 Å². The number of carboxylic acid groups (broad SMARTS) is 1. The highest BCUT2D eigenvalue weighted by Crippen LogP contribution is 2.21. The molecule has 1 N–H and O–H groups in total. The van der Waals surface area contributed by atoms with Gasteiger partial charge in [0, 0.05) is 19.4 Å². The molecule has 8 heteroatoms. The Morgan fingerprint density at radius 1 is 1.11 bits per heavy atom. The number of rotatable bonds is 10. The first-order valence-corrected chi connectivity index (χ1v) is 9.90. The van der Waals surface area contributed by atoms with Crippen LogP contribution >= 0.6 is 11.3 Å². The molecule has 0 bridgehead atoms. The van der Waals surface area contributed by atoms with Gasteiger partial charge >= 0.3 is 5.97 Å². The van der Waals surface area contributed by atoms with E-state index in [0.29, 0.717) is 37.5 Å². The lowest BCUT2D eigenvalue weighted by Crippen LogP contribution is -2.37. The molecule has 0 fully saturated rings. The van der Waals surface area contributed by atoms with E-state index < -0.39 is 5.97 Å². The zero-order chi connectivity index (χ0) is 19.8. The second kappa shape index (κ2) is 9.80. The third-order valence-corrected chi connectivity index (χ3v) is 5.05. The van der Waals surface area contributed by atoms with Gasteiger partial charge in [-0.1, -0.05) is 41.6 Å². The van der Waals surface area contributed by atoms with Crippen molar-refractivity contribution >= 4 is 23.2 Å². The minimum atomic E-state index is -1.01. The molecule has 2 heterocycles. The predicted octanol–water partition coefficient (Wildman–Crippen LogP) is 3.28. The molecule has 0 aliphatic rings. The lowest BCUT2D eigenvalue weighted by atomic mass is 10.1. The van der Waals surface area contributed by atoms with Crippen molar-refractivity contribution in [2.45, 2.75) is 25.7 Å². The van der Waals surface area contributed by atoms with Gasteiger partial charge in [0.05, 0.1) is 4.88 Å². The highest BCUT2D eigenvalue weighted by molar-refractivity contribution is 7.13. The smallest absolute Gasteiger partial charge is 0.323 e. The lowest BCUT2D eigenvalue weighted by molar-refractivity contribution is -0.144. The Morgan fingerprint density at radius 2 is 1.93 bits per heavy atom. The minimum Gasteiger partial charge on any atom is -0.480 e. The standard InChI is InChI=1S/C20H21N3O4S/c24-18(23(14-19(25)26)12-11-15-6-2-1-3-7-15)10-4-9-17-21-20(22-27-17)16-8-5-13-28-16/h1-3,5-8,13H,4,9-12,14H2,(H,25,26). The third kappa shape index (κ3) is 5.75. The first kappa shape index (κ1) is 19.8. The summed E-state index contributed by atoms with van der Waals surface area (Å²) in [6.07, 6.45) is 1.85. The second-order valence-electron chi connectivity index (χ2n) is 6.29. The average Bonchev–Trinajstić information content (AvgIpc) is 3.37. The number of hydrogen-bond acceptors (Lipinski definition) is 6. The fourth-order valence-corrected chi connectivity index (χ4v) is 3.42. The SMILES string of the molecule is O=C(O)CN(CCc1ccccc1)C(=O)CCCc1nc(-c2cccs2)no1. The van der Waals surface area contributed by atoms with E-state index in [0.717, 1.165) is 10.4 Å². The fraction of sp³-hybridized carbons (Fsp3) is 0.300. The fourth-order valence-electron chi connectivity index (χ4n) is 2.78. The van der Waals surface area contributed by atoms with Crippen molar-refractivity contribution in [3.8, 4) is 10.7 Å². The van der Waals surface area contributed by atoms with E-state index in [9.17, 15) is 9.59 Å². The largest absolute Gasteiger partial charge is 0.480 e. The molecule has 0 spiro atoms. The van der Waals surface area contributed by atoms with Crippen LogP contribution in [-0.4, -0.2) is 45.1 Å². The Bertz CT molecular complexity index is 893. The highest BCUT2D eigenvalue weighted by Gasteiger charge is 2.17. The molecule has 1 aromatic carbocycles. The number of aromatic nitrogens is 2. The Labute approximate surface area is 166 Å². The van der Waals surface area contributed by atoms with Gasteiger partial charge in [-0.05, 0) is 29.9 Å². The van der Waals surface area contributed by atoms with E-state index in [1.54, 1.807) is 0 Å². The maximum absolute atomic E-state index is 12.5. The van der Waals surface area contributed by atoms with Crippen molar-refractivity contribution < 1.29 is 19.2 Å². The van der Waals surface area contributed by atoms with Gasteiger partial charge in [0.1, 0.15) is 6.54 Å². The number of benzene rings is 1. The molecule has 0 aliphatic carbocycles. The summed E-state index contributed by atoms with van der Waals surface area (Å²) in [5.41, 5.74) is 1.07. The molecule has 3 aromatic rings. The van der Waals surface area contributed by atoms with Gasteiger partial charge in [0.15, 0.2) is 0 Å². The molecule has 0 atom stereocenters. The molecule has 1 amide bonds. The zero-order valence-corrected chi connectivity index (χ0v) is 16.1. The van der Waals surface area contributed by atoms with Crippen LogP contribution in [-0.2, 0) is 22.4 Å². The summed E-state index contributed by atoms with van der Waals surface area (Å²) in [6.45, 7) is 0.0764. The average molecular weight is 399 g/mol. The van der Waals surface area contributed by atoms with Gasteiger partial charge in [-0.15, -0.1) is 11.3 Å². The van der Waals surface area contributed by atoms with Crippen molar-refractivity contribution in [2.24, 2.45) is 0 Å². The van der Waals surface area contributed by atoms with Crippen LogP contribution in [0.3, 0.4) is 0 Å². The van der Waals surface area contributed by atoms with E-state index in [4.69, 9.17) is 9.63 Å². The topological polar surface area (TPSA) is 96.5 Å². The van der Waals surface area contributed by atoms with Crippen LogP contribution in [0, 0.1) is 0 Å². The third-order valence-electron chi connectivity index (χ3n) is 4.18. The number of carbonyl (C=O) groups is 2. The van der Waals surface area contributed by atoms with E-state index in [1.807, 2.05) is 47.8 Å². The Hall–Kier alpha value is -3.00. The van der Waals surface area contributed by atoms with Gasteiger partial charge in [0.25, 0.3) is 0 Å². The molecule has 0 unspecified atom stereocenters. The highest BCUT2D eigenvalue weighted by atomic mass is 32.1. The molecule has 7 nitrogen and oxygen atoms in total. The van der Waals surface area contributed by atoms with Crippen molar-refractivity contribution in [3.63, 3.8) is 0 Å². The van der Waals surface area contributed by atoms with E-state index in [1.165, 1.54) is 16.2 Å². The lowest BCUT2D eigenvalue weighted by Gasteiger charge is -2.20. The number of carboxylic acids is 1. The van der Waals surface area contributed by atoms with Crippen molar-refractivity contribution in [3.05, 3.63) is 59.3 Å². The maximum Gasteiger partial charge on any atom is 0.323 e. The predicted molar refractivity (Wildman–Crippen MR) is 105 cm³/mol. The van der Waals surface area contributed by atoms with Crippen molar-refractivity contribution in [1.82, 2.24) is 15.0 Å². The molecule has 0 saturated carbocycles. The van der Waals surface area contributed by atoms with Gasteiger partial charge in [-0.2, -0.15) is 4.98 Å². The van der Waals surface area contributed by atoms with Crippen LogP contribution in [0.5, 0.6) is 0 Å². The van der Waals surface area contributed by atoms with Gasteiger partial charge in [-0.25, -0.2) is 0 Å². The van der Waals surface area contributed by atoms with Crippen LogP contribution in [0.2, 0.25) is 0 Å². The molecule has 0 radical (unpaired) electrons. The number of amides is 1. The number of aliphatic carboxylic acids is 1. The zero-order valence-electron chi connectivity index (χ0n) is 15.3. The number of aryl methyl sites for hydroxylation is 1. The first-order valence-electron chi connectivity index (χ1n) is 9.02. The monoisotopic (exact) mass is 399 g/mol. The quantitative estimate of drug-likeness (QED) is 0.562. The number of nitrogens with zero attached hydrogens (tertiary/aromatic N) is 3. The van der Waals surface area contributed by atoms with Crippen LogP contribution < -0.4 is 0 Å². The van der Waals surface area contributed by atoms with Gasteiger partial charge in [-0.3, -0.25) is 9.59 Å². The van der Waals surface area contributed by atoms with Crippen molar-refractivity contribution in [2.75, 3.05) is 13.1 Å². The molecule has 146 valence electrons. The summed E-state index contributed by atoms with van der Waals surface area (Å²) >= 11 is 1.53. The molecule has 0 saturated heterocycles. The minimum absolute atomic E-state index is 0.184. The second-order valence-corrected chi connectivity index (χ2v) is 7.23. The van der Waals surface area contributed by atoms with E-state index >= 15 is 0 Å². The Kier molecular flexibility index (Phi) is 6.91. The summed E-state index contributed by atoms with van der Waals surface area (Å²) < 4.78 is 5.23. The van der Waals surface area contributed by atoms with Crippen LogP contribution in [0.4, 0.5) is 0 Å². The molecular weight excluding hydrogens is 378 g/mol.